The molecule has 0 saturated carbocycles. The number of nitrogens with one attached hydrogen (secondary N) is 2. The Morgan fingerprint density at radius 1 is 1.20 bits per heavy atom. The summed E-state index contributed by atoms with van der Waals surface area (Å²) in [6.45, 7) is 3.42. The van der Waals surface area contributed by atoms with E-state index >= 15 is 0 Å². The topological polar surface area (TPSA) is 84.6 Å². The highest BCUT2D eigenvalue weighted by Gasteiger charge is 2.22. The van der Waals surface area contributed by atoms with Gasteiger partial charge in [0, 0.05) is 40.3 Å². The van der Waals surface area contributed by atoms with Gasteiger partial charge in [0.15, 0.2) is 0 Å². The van der Waals surface area contributed by atoms with Crippen LogP contribution in [0.5, 0.6) is 0 Å². The molecule has 1 saturated heterocycles. The van der Waals surface area contributed by atoms with Crippen LogP contribution in [0, 0.1) is 0 Å². The predicted octanol–water partition coefficient (Wildman–Crippen LogP) is 0.478. The summed E-state index contributed by atoms with van der Waals surface area (Å²) in [5, 5.41) is 2.90. The molecule has 1 aromatic heterocycles. The molecule has 0 atom stereocenters. The highest BCUT2D eigenvalue weighted by atomic mass is 16.2. The fraction of sp³-hybridized carbons (Fsp3) is 0.471. The zero-order valence-corrected chi connectivity index (χ0v) is 14.7. The van der Waals surface area contributed by atoms with Crippen molar-refractivity contribution in [2.45, 2.75) is 6.54 Å². The summed E-state index contributed by atoms with van der Waals surface area (Å²) < 4.78 is 0. The molecule has 2 aromatic rings. The van der Waals surface area contributed by atoms with E-state index in [0.29, 0.717) is 39.3 Å². The Kier molecular flexibility index (Phi) is 5.18. The molecule has 1 aliphatic heterocycles. The number of aromatic amines is 1. The number of para-hydroxylation sites is 2. The number of rotatable bonds is 4. The van der Waals surface area contributed by atoms with Crippen LogP contribution >= 0.6 is 0 Å². The Morgan fingerprint density at radius 3 is 2.60 bits per heavy atom. The molecule has 3 amide bonds. The molecule has 0 spiro atoms. The molecular formula is C17H24N6O2. The summed E-state index contributed by atoms with van der Waals surface area (Å²) in [6.07, 6.45) is 0. The zero-order valence-electron chi connectivity index (χ0n) is 14.7. The van der Waals surface area contributed by atoms with Crippen molar-refractivity contribution in [3.05, 3.63) is 30.1 Å². The van der Waals surface area contributed by atoms with Crippen molar-refractivity contribution in [1.82, 2.24) is 30.0 Å². The Hall–Kier alpha value is -2.61. The highest BCUT2D eigenvalue weighted by Crippen LogP contribution is 2.10. The van der Waals surface area contributed by atoms with E-state index in [0.717, 1.165) is 16.9 Å². The third-order valence-electron chi connectivity index (χ3n) is 4.36. The van der Waals surface area contributed by atoms with Crippen LogP contribution in [0.15, 0.2) is 24.3 Å². The molecule has 0 bridgehead atoms. The molecule has 8 nitrogen and oxygen atoms in total. The van der Waals surface area contributed by atoms with E-state index in [1.54, 1.807) is 23.9 Å². The fourth-order valence-electron chi connectivity index (χ4n) is 2.80. The van der Waals surface area contributed by atoms with Crippen molar-refractivity contribution in [3.63, 3.8) is 0 Å². The van der Waals surface area contributed by atoms with Gasteiger partial charge in [0.2, 0.25) is 5.91 Å². The smallest absolute Gasteiger partial charge is 0.317 e. The largest absolute Gasteiger partial charge is 0.348 e. The van der Waals surface area contributed by atoms with Gasteiger partial charge >= 0.3 is 6.03 Å². The number of imidazole rings is 1. The summed E-state index contributed by atoms with van der Waals surface area (Å²) in [5.74, 6) is 0.826. The van der Waals surface area contributed by atoms with Crippen molar-refractivity contribution in [2.75, 3.05) is 46.8 Å². The molecule has 1 fully saturated rings. The first-order valence-electron chi connectivity index (χ1n) is 8.42. The molecular weight excluding hydrogens is 320 g/mol. The maximum absolute atomic E-state index is 12.3. The zero-order chi connectivity index (χ0) is 17.8. The van der Waals surface area contributed by atoms with Crippen LogP contribution in [0.4, 0.5) is 4.79 Å². The van der Waals surface area contributed by atoms with E-state index in [9.17, 15) is 9.59 Å². The average Bonchev–Trinajstić information content (AvgIpc) is 3.03. The summed E-state index contributed by atoms with van der Waals surface area (Å²) in [5.41, 5.74) is 1.86. The van der Waals surface area contributed by atoms with Gasteiger partial charge in [-0.1, -0.05) is 12.1 Å². The van der Waals surface area contributed by atoms with Crippen molar-refractivity contribution >= 4 is 23.0 Å². The quantitative estimate of drug-likeness (QED) is 0.845. The number of H-pyrrole nitrogens is 1. The van der Waals surface area contributed by atoms with Crippen LogP contribution in [-0.2, 0) is 11.3 Å². The number of amides is 3. The predicted molar refractivity (Wildman–Crippen MR) is 95.0 cm³/mol. The number of piperazine rings is 1. The van der Waals surface area contributed by atoms with Crippen molar-refractivity contribution in [1.29, 1.82) is 0 Å². The minimum Gasteiger partial charge on any atom is -0.348 e. The lowest BCUT2D eigenvalue weighted by molar-refractivity contribution is -0.130. The molecule has 8 heteroatoms. The molecule has 2 heterocycles. The minimum absolute atomic E-state index is 0.0859. The molecule has 0 aliphatic carbocycles. The minimum atomic E-state index is -0.0981. The Bertz CT molecular complexity index is 715. The van der Waals surface area contributed by atoms with Crippen LogP contribution in [-0.4, -0.2) is 83.4 Å². The SMILES string of the molecule is CN(C)C(=O)CN1CCN(C(=O)NCc2nc3ccccc3[nH]2)CC1. The van der Waals surface area contributed by atoms with Crippen LogP contribution in [0.3, 0.4) is 0 Å². The molecule has 3 rings (SSSR count). The van der Waals surface area contributed by atoms with E-state index in [4.69, 9.17) is 0 Å². The first-order chi connectivity index (χ1) is 12.0. The maximum Gasteiger partial charge on any atom is 0.317 e. The number of carbonyl (C=O) groups excluding carboxylic acids is 2. The van der Waals surface area contributed by atoms with Crippen molar-refractivity contribution in [3.8, 4) is 0 Å². The first-order valence-corrected chi connectivity index (χ1v) is 8.42. The number of urea groups is 1. The Balaban J connectivity index is 1.45. The second-order valence-electron chi connectivity index (χ2n) is 6.41. The molecule has 0 unspecified atom stereocenters. The van der Waals surface area contributed by atoms with Gasteiger partial charge in [-0.25, -0.2) is 9.78 Å². The number of hydrogen-bond acceptors (Lipinski definition) is 4. The number of benzene rings is 1. The van der Waals surface area contributed by atoms with Crippen LogP contribution in [0.2, 0.25) is 0 Å². The van der Waals surface area contributed by atoms with Gasteiger partial charge in [-0.15, -0.1) is 0 Å². The van der Waals surface area contributed by atoms with E-state index in [-0.39, 0.29) is 11.9 Å². The van der Waals surface area contributed by atoms with Gasteiger partial charge in [0.05, 0.1) is 24.1 Å². The molecule has 2 N–H and O–H groups in total. The lowest BCUT2D eigenvalue weighted by Crippen LogP contribution is -2.53. The Labute approximate surface area is 146 Å². The summed E-state index contributed by atoms with van der Waals surface area (Å²) in [7, 11) is 3.51. The lowest BCUT2D eigenvalue weighted by Gasteiger charge is -2.34. The van der Waals surface area contributed by atoms with Gasteiger partial charge < -0.3 is 20.1 Å². The standard InChI is InChI=1S/C17H24N6O2/c1-21(2)16(24)12-22-7-9-23(10-8-22)17(25)18-11-15-19-13-5-3-4-6-14(13)20-15/h3-6H,7-12H2,1-2H3,(H,18,25)(H,19,20). The maximum atomic E-state index is 12.3. The second-order valence-corrected chi connectivity index (χ2v) is 6.41. The molecule has 25 heavy (non-hydrogen) atoms. The van der Waals surface area contributed by atoms with E-state index in [2.05, 4.69) is 20.2 Å². The molecule has 0 radical (unpaired) electrons. The number of fused-ring (bicyclic) bond motifs is 1. The first kappa shape index (κ1) is 17.2. The van der Waals surface area contributed by atoms with Crippen molar-refractivity contribution < 1.29 is 9.59 Å². The van der Waals surface area contributed by atoms with Gasteiger partial charge in [-0.05, 0) is 12.1 Å². The van der Waals surface area contributed by atoms with E-state index in [1.807, 2.05) is 24.3 Å². The fourth-order valence-corrected chi connectivity index (χ4v) is 2.80. The monoisotopic (exact) mass is 344 g/mol. The number of carbonyl (C=O) groups is 2. The molecule has 134 valence electrons. The molecule has 1 aliphatic rings. The average molecular weight is 344 g/mol. The second kappa shape index (κ2) is 7.52. The highest BCUT2D eigenvalue weighted by molar-refractivity contribution is 5.78. The van der Waals surface area contributed by atoms with Gasteiger partial charge in [-0.3, -0.25) is 9.69 Å². The van der Waals surface area contributed by atoms with Gasteiger partial charge in [0.1, 0.15) is 5.82 Å². The third kappa shape index (κ3) is 4.27. The van der Waals surface area contributed by atoms with E-state index in [1.165, 1.54) is 0 Å². The lowest BCUT2D eigenvalue weighted by atomic mass is 10.3. The number of hydrogen-bond donors (Lipinski definition) is 2. The number of likely N-dealkylation sites (N-methyl/N-ethyl adjacent to an activating group) is 1. The summed E-state index contributed by atoms with van der Waals surface area (Å²) >= 11 is 0. The normalized spacial score (nSPS) is 15.4. The summed E-state index contributed by atoms with van der Waals surface area (Å²) in [6, 6.07) is 7.68. The van der Waals surface area contributed by atoms with E-state index < -0.39 is 0 Å². The van der Waals surface area contributed by atoms with Gasteiger partial charge in [-0.2, -0.15) is 0 Å². The van der Waals surface area contributed by atoms with Gasteiger partial charge in [0.25, 0.3) is 0 Å². The molecule has 1 aromatic carbocycles. The van der Waals surface area contributed by atoms with Crippen LogP contribution in [0.25, 0.3) is 11.0 Å². The number of nitrogens with zero attached hydrogens (tertiary/aromatic N) is 4. The van der Waals surface area contributed by atoms with Crippen molar-refractivity contribution in [2.24, 2.45) is 0 Å². The summed E-state index contributed by atoms with van der Waals surface area (Å²) in [4.78, 5) is 37.1. The Morgan fingerprint density at radius 2 is 1.92 bits per heavy atom. The van der Waals surface area contributed by atoms with Crippen LogP contribution in [0.1, 0.15) is 5.82 Å². The van der Waals surface area contributed by atoms with Crippen LogP contribution < -0.4 is 5.32 Å². The number of aromatic nitrogens is 2. The third-order valence-corrected chi connectivity index (χ3v) is 4.36.